The summed E-state index contributed by atoms with van der Waals surface area (Å²) in [6.07, 6.45) is 6.60. The van der Waals surface area contributed by atoms with E-state index >= 15 is 0 Å². The highest BCUT2D eigenvalue weighted by Gasteiger charge is 2.06. The highest BCUT2D eigenvalue weighted by Crippen LogP contribution is 2.14. The number of nitrogens with one attached hydrogen (secondary N) is 1. The molecule has 0 atom stereocenters. The van der Waals surface area contributed by atoms with Crippen molar-refractivity contribution < 1.29 is 0 Å². The molecule has 0 aliphatic rings. The Morgan fingerprint density at radius 3 is 2.75 bits per heavy atom. The Labute approximate surface area is 125 Å². The van der Waals surface area contributed by atoms with Gasteiger partial charge in [-0.15, -0.1) is 0 Å². The van der Waals surface area contributed by atoms with Crippen molar-refractivity contribution in [3.63, 3.8) is 0 Å². The quantitative estimate of drug-likeness (QED) is 0.796. The molecule has 0 fully saturated rings. The molecule has 0 unspecified atom stereocenters. The van der Waals surface area contributed by atoms with Crippen LogP contribution >= 0.6 is 11.6 Å². The molecule has 1 N–H and O–H groups in total. The fourth-order valence-corrected chi connectivity index (χ4v) is 2.21. The Balaban J connectivity index is 2.25. The Morgan fingerprint density at radius 2 is 2.10 bits per heavy atom. The van der Waals surface area contributed by atoms with Crippen molar-refractivity contribution >= 4 is 11.6 Å². The van der Waals surface area contributed by atoms with Gasteiger partial charge in [-0.1, -0.05) is 31.9 Å². The number of halogens is 1. The van der Waals surface area contributed by atoms with Gasteiger partial charge in [-0.25, -0.2) is 9.67 Å². The molecule has 4 nitrogen and oxygen atoms in total. The molecule has 0 saturated carbocycles. The zero-order valence-corrected chi connectivity index (χ0v) is 12.8. The second-order valence-corrected chi connectivity index (χ2v) is 5.29. The molecule has 2 rings (SSSR count). The van der Waals surface area contributed by atoms with Gasteiger partial charge in [-0.3, -0.25) is 0 Å². The van der Waals surface area contributed by atoms with Gasteiger partial charge in [0.25, 0.3) is 0 Å². The Kier molecular flexibility index (Phi) is 5.56. The van der Waals surface area contributed by atoms with Gasteiger partial charge in [-0.05, 0) is 37.1 Å². The summed E-state index contributed by atoms with van der Waals surface area (Å²) in [5, 5.41) is 8.27. The van der Waals surface area contributed by atoms with Crippen molar-refractivity contribution in [2.45, 2.75) is 39.7 Å². The van der Waals surface area contributed by atoms with E-state index in [9.17, 15) is 0 Å². The van der Waals surface area contributed by atoms with E-state index in [0.29, 0.717) is 5.02 Å². The van der Waals surface area contributed by atoms with Gasteiger partial charge in [0.05, 0.1) is 17.4 Å². The first-order chi connectivity index (χ1) is 9.72. The highest BCUT2D eigenvalue weighted by molar-refractivity contribution is 6.30. The second-order valence-electron chi connectivity index (χ2n) is 4.85. The summed E-state index contributed by atoms with van der Waals surface area (Å²) >= 11 is 5.93. The largest absolute Gasteiger partial charge is 0.313 e. The molecule has 0 amide bonds. The van der Waals surface area contributed by atoms with Crippen molar-refractivity contribution in [3.05, 3.63) is 40.8 Å². The third-order valence-electron chi connectivity index (χ3n) is 2.97. The molecular weight excluding hydrogens is 272 g/mol. The number of pyridine rings is 1. The predicted molar refractivity (Wildman–Crippen MR) is 82.4 cm³/mol. The number of rotatable bonds is 7. The van der Waals surface area contributed by atoms with Gasteiger partial charge < -0.3 is 5.32 Å². The number of aromatic nitrogens is 3. The lowest BCUT2D eigenvalue weighted by Crippen LogP contribution is -2.15. The van der Waals surface area contributed by atoms with E-state index in [-0.39, 0.29) is 0 Å². The number of hydrogen-bond donors (Lipinski definition) is 1. The first kappa shape index (κ1) is 15.0. The smallest absolute Gasteiger partial charge is 0.153 e. The number of hydrogen-bond acceptors (Lipinski definition) is 3. The van der Waals surface area contributed by atoms with E-state index in [1.54, 1.807) is 17.1 Å². The topological polar surface area (TPSA) is 42.7 Å². The van der Waals surface area contributed by atoms with Crippen molar-refractivity contribution in [1.29, 1.82) is 0 Å². The SMILES string of the molecule is CCCNCc1cc(CCC)nc(-n2cc(Cl)cn2)c1. The first-order valence-electron chi connectivity index (χ1n) is 7.14. The standard InChI is InChI=1S/C15H21ClN4/c1-3-5-14-7-12(9-17-6-4-2)8-15(19-14)20-11-13(16)10-18-20/h7-8,10-11,17H,3-6,9H2,1-2H3. The lowest BCUT2D eigenvalue weighted by Gasteiger charge is -2.09. The molecular formula is C15H21ClN4. The van der Waals surface area contributed by atoms with E-state index in [4.69, 9.17) is 11.6 Å². The molecule has 2 aromatic heterocycles. The molecule has 0 bridgehead atoms. The van der Waals surface area contributed by atoms with Crippen LogP contribution in [0.1, 0.15) is 37.9 Å². The average Bonchev–Trinajstić information content (AvgIpc) is 2.86. The van der Waals surface area contributed by atoms with Crippen LogP contribution < -0.4 is 5.32 Å². The van der Waals surface area contributed by atoms with E-state index in [1.165, 1.54) is 5.56 Å². The maximum atomic E-state index is 5.93. The number of nitrogens with zero attached hydrogens (tertiary/aromatic N) is 3. The zero-order chi connectivity index (χ0) is 14.4. The summed E-state index contributed by atoms with van der Waals surface area (Å²) in [7, 11) is 0. The minimum absolute atomic E-state index is 0.623. The van der Waals surface area contributed by atoms with Crippen molar-refractivity contribution in [1.82, 2.24) is 20.1 Å². The van der Waals surface area contributed by atoms with Gasteiger partial charge in [-0.2, -0.15) is 5.10 Å². The minimum Gasteiger partial charge on any atom is -0.313 e. The van der Waals surface area contributed by atoms with Crippen LogP contribution in [0.2, 0.25) is 5.02 Å². The molecule has 0 saturated heterocycles. The Bertz CT molecular complexity index is 551. The van der Waals surface area contributed by atoms with Crippen LogP contribution in [0.4, 0.5) is 0 Å². The van der Waals surface area contributed by atoms with Crippen LogP contribution in [0.5, 0.6) is 0 Å². The van der Waals surface area contributed by atoms with Crippen molar-refractivity contribution in [3.8, 4) is 5.82 Å². The van der Waals surface area contributed by atoms with Gasteiger partial charge in [0.2, 0.25) is 0 Å². The molecule has 2 heterocycles. The maximum Gasteiger partial charge on any atom is 0.153 e. The normalized spacial score (nSPS) is 10.9. The van der Waals surface area contributed by atoms with Gasteiger partial charge >= 0.3 is 0 Å². The number of aryl methyl sites for hydroxylation is 1. The molecule has 0 spiro atoms. The van der Waals surface area contributed by atoms with Crippen LogP contribution in [-0.4, -0.2) is 21.3 Å². The lowest BCUT2D eigenvalue weighted by atomic mass is 10.1. The zero-order valence-electron chi connectivity index (χ0n) is 12.1. The summed E-state index contributed by atoms with van der Waals surface area (Å²) < 4.78 is 1.73. The van der Waals surface area contributed by atoms with Crippen LogP contribution in [-0.2, 0) is 13.0 Å². The minimum atomic E-state index is 0.623. The van der Waals surface area contributed by atoms with Crippen molar-refractivity contribution in [2.24, 2.45) is 0 Å². The van der Waals surface area contributed by atoms with Crippen LogP contribution in [0.15, 0.2) is 24.5 Å². The fraction of sp³-hybridized carbons (Fsp3) is 0.467. The van der Waals surface area contributed by atoms with E-state index < -0.39 is 0 Å². The Morgan fingerprint density at radius 1 is 1.25 bits per heavy atom. The average molecular weight is 293 g/mol. The molecule has 0 radical (unpaired) electrons. The maximum absolute atomic E-state index is 5.93. The molecule has 0 aliphatic carbocycles. The lowest BCUT2D eigenvalue weighted by molar-refractivity contribution is 0.672. The molecule has 0 aliphatic heterocycles. The highest BCUT2D eigenvalue weighted by atomic mass is 35.5. The molecule has 2 aromatic rings. The predicted octanol–water partition coefficient (Wildman–Crippen LogP) is 3.37. The van der Waals surface area contributed by atoms with Crippen LogP contribution in [0.3, 0.4) is 0 Å². The molecule has 20 heavy (non-hydrogen) atoms. The summed E-state index contributed by atoms with van der Waals surface area (Å²) in [6.45, 7) is 6.21. The van der Waals surface area contributed by atoms with E-state index in [0.717, 1.165) is 43.9 Å². The van der Waals surface area contributed by atoms with Gasteiger partial charge in [0, 0.05) is 12.2 Å². The molecule has 5 heteroatoms. The third-order valence-corrected chi connectivity index (χ3v) is 3.17. The molecule has 108 valence electrons. The van der Waals surface area contributed by atoms with Crippen molar-refractivity contribution in [2.75, 3.05) is 6.54 Å². The van der Waals surface area contributed by atoms with Crippen LogP contribution in [0, 0.1) is 0 Å². The summed E-state index contributed by atoms with van der Waals surface area (Å²) in [5.74, 6) is 0.830. The van der Waals surface area contributed by atoms with Gasteiger partial charge in [0.1, 0.15) is 0 Å². The fourth-order valence-electron chi connectivity index (χ4n) is 2.07. The van der Waals surface area contributed by atoms with E-state index in [2.05, 4.69) is 41.4 Å². The monoisotopic (exact) mass is 292 g/mol. The molecule has 0 aromatic carbocycles. The van der Waals surface area contributed by atoms with E-state index in [1.807, 2.05) is 0 Å². The summed E-state index contributed by atoms with van der Waals surface area (Å²) in [5.41, 5.74) is 2.34. The third kappa shape index (κ3) is 4.05. The van der Waals surface area contributed by atoms with Gasteiger partial charge in [0.15, 0.2) is 5.82 Å². The summed E-state index contributed by atoms with van der Waals surface area (Å²) in [4.78, 5) is 4.65. The second kappa shape index (κ2) is 7.41. The summed E-state index contributed by atoms with van der Waals surface area (Å²) in [6, 6.07) is 4.23. The Hall–Kier alpha value is -1.39. The van der Waals surface area contributed by atoms with Crippen LogP contribution in [0.25, 0.3) is 5.82 Å². The first-order valence-corrected chi connectivity index (χ1v) is 7.51.